The van der Waals surface area contributed by atoms with Gasteiger partial charge < -0.3 is 4.74 Å². The number of halogens is 5. The Labute approximate surface area is 154 Å². The zero-order valence-electron chi connectivity index (χ0n) is 13.3. The van der Waals surface area contributed by atoms with Crippen molar-refractivity contribution in [3.05, 3.63) is 47.1 Å². The molecule has 7 nitrogen and oxygen atoms in total. The van der Waals surface area contributed by atoms with Gasteiger partial charge in [-0.05, 0) is 12.1 Å². The Morgan fingerprint density at radius 1 is 1.30 bits per heavy atom. The minimum atomic E-state index is -5.07. The average Bonchev–Trinajstić information content (AvgIpc) is 2.97. The second-order valence-corrected chi connectivity index (χ2v) is 7.25. The quantitative estimate of drug-likeness (QED) is 0.649. The number of sulfonamides is 1. The summed E-state index contributed by atoms with van der Waals surface area (Å²) in [7, 11) is -3.38. The van der Waals surface area contributed by atoms with E-state index in [-0.39, 0.29) is 10.4 Å². The van der Waals surface area contributed by atoms with Crippen LogP contribution < -0.4 is 9.46 Å². The van der Waals surface area contributed by atoms with Crippen LogP contribution in [0.2, 0.25) is 5.02 Å². The summed E-state index contributed by atoms with van der Waals surface area (Å²) >= 11 is 5.80. The van der Waals surface area contributed by atoms with Crippen LogP contribution in [-0.2, 0) is 16.2 Å². The van der Waals surface area contributed by atoms with Gasteiger partial charge in [0.1, 0.15) is 10.6 Å². The fourth-order valence-electron chi connectivity index (χ4n) is 2.24. The molecule has 0 saturated heterocycles. The number of pyridine rings is 2. The summed E-state index contributed by atoms with van der Waals surface area (Å²) in [4.78, 5) is 2.71. The van der Waals surface area contributed by atoms with E-state index >= 15 is 0 Å². The van der Waals surface area contributed by atoms with Crippen molar-refractivity contribution >= 4 is 32.8 Å². The van der Waals surface area contributed by atoms with Crippen LogP contribution in [0.15, 0.2) is 35.5 Å². The minimum Gasteiger partial charge on any atom is -0.479 e. The van der Waals surface area contributed by atoms with Gasteiger partial charge >= 0.3 is 6.18 Å². The second-order valence-electron chi connectivity index (χ2n) is 5.16. The Hall–Kier alpha value is -2.60. The summed E-state index contributed by atoms with van der Waals surface area (Å²) < 4.78 is 85.0. The van der Waals surface area contributed by atoms with Crippen molar-refractivity contribution in [2.24, 2.45) is 0 Å². The molecule has 3 aromatic rings. The van der Waals surface area contributed by atoms with Crippen LogP contribution in [0, 0.1) is 5.82 Å². The topological polar surface area (TPSA) is 85.6 Å². The molecule has 0 bridgehead atoms. The van der Waals surface area contributed by atoms with Crippen LogP contribution in [0.3, 0.4) is 0 Å². The molecule has 1 N–H and O–H groups in total. The monoisotopic (exact) mass is 424 g/mol. The number of ether oxygens (including phenoxy) is 1. The normalized spacial score (nSPS) is 12.4. The lowest BCUT2D eigenvalue weighted by molar-refractivity contribution is -0.143. The molecule has 0 aliphatic carbocycles. The summed E-state index contributed by atoms with van der Waals surface area (Å²) in [6, 6.07) is 3.15. The van der Waals surface area contributed by atoms with Crippen molar-refractivity contribution in [3.8, 4) is 5.88 Å². The molecule has 0 aliphatic heterocycles. The molecule has 0 radical (unpaired) electrons. The smallest absolute Gasteiger partial charge is 0.436 e. The summed E-state index contributed by atoms with van der Waals surface area (Å²) in [6.07, 6.45) is -2.71. The molecule has 3 heterocycles. The third-order valence-corrected chi connectivity index (χ3v) is 4.99. The van der Waals surface area contributed by atoms with Crippen molar-refractivity contribution in [1.82, 2.24) is 14.6 Å². The van der Waals surface area contributed by atoms with E-state index in [9.17, 15) is 26.0 Å². The van der Waals surface area contributed by atoms with Crippen LogP contribution in [0.25, 0.3) is 5.52 Å². The molecular weight excluding hydrogens is 416 g/mol. The largest absolute Gasteiger partial charge is 0.479 e. The zero-order chi connectivity index (χ0) is 20.0. The van der Waals surface area contributed by atoms with Crippen molar-refractivity contribution in [2.75, 3.05) is 11.8 Å². The van der Waals surface area contributed by atoms with Crippen LogP contribution >= 0.6 is 11.6 Å². The first-order valence-electron chi connectivity index (χ1n) is 7.00. The molecule has 0 saturated carbocycles. The molecule has 0 amide bonds. The Bertz CT molecular complexity index is 1130. The number of rotatable bonds is 4. The minimum absolute atomic E-state index is 0.145. The molecular formula is C14H9ClF4N4O3S. The second kappa shape index (κ2) is 6.53. The van der Waals surface area contributed by atoms with Gasteiger partial charge in [-0.1, -0.05) is 11.6 Å². The van der Waals surface area contributed by atoms with Gasteiger partial charge in [0.05, 0.1) is 23.8 Å². The lowest BCUT2D eigenvalue weighted by atomic mass is 10.3. The first kappa shape index (κ1) is 19.2. The highest BCUT2D eigenvalue weighted by molar-refractivity contribution is 7.93. The maximum Gasteiger partial charge on any atom is 0.436 e. The van der Waals surface area contributed by atoms with Crippen molar-refractivity contribution in [1.29, 1.82) is 0 Å². The fraction of sp³-hybridized carbons (Fsp3) is 0.143. The number of aromatic nitrogens is 3. The first-order chi connectivity index (χ1) is 12.5. The number of anilines is 1. The van der Waals surface area contributed by atoms with Gasteiger partial charge in [-0.2, -0.15) is 18.3 Å². The van der Waals surface area contributed by atoms with Gasteiger partial charge in [0.15, 0.2) is 11.5 Å². The number of nitrogens with zero attached hydrogens (tertiary/aromatic N) is 3. The van der Waals surface area contributed by atoms with Crippen LogP contribution in [-0.4, -0.2) is 30.1 Å². The fourth-order valence-corrected chi connectivity index (χ4v) is 3.57. The number of hydrogen-bond donors (Lipinski definition) is 1. The third-order valence-electron chi connectivity index (χ3n) is 3.38. The molecule has 144 valence electrons. The predicted molar refractivity (Wildman–Crippen MR) is 86.8 cm³/mol. The molecule has 13 heteroatoms. The van der Waals surface area contributed by atoms with Crippen molar-refractivity contribution in [3.63, 3.8) is 0 Å². The van der Waals surface area contributed by atoms with E-state index in [1.807, 2.05) is 4.72 Å². The van der Waals surface area contributed by atoms with E-state index in [0.29, 0.717) is 11.1 Å². The number of alkyl halides is 3. The summed E-state index contributed by atoms with van der Waals surface area (Å²) in [5.41, 5.74) is -2.28. The standard InChI is InChI=1S/C14H9ClF4N4O3S/c1-26-13-9(4-8(16)12(21-13)14(17,18)19)22-27(24,25)11-5-20-23-6-7(15)2-3-10(11)23/h2-6,22H,1H3. The molecule has 0 fully saturated rings. The number of fused-ring (bicyclic) bond motifs is 1. The van der Waals surface area contributed by atoms with E-state index in [2.05, 4.69) is 14.8 Å². The molecule has 0 atom stereocenters. The number of nitrogens with one attached hydrogen (secondary N) is 1. The molecule has 0 unspecified atom stereocenters. The Morgan fingerprint density at radius 3 is 2.63 bits per heavy atom. The van der Waals surface area contributed by atoms with Gasteiger partial charge in [0, 0.05) is 12.3 Å². The lowest BCUT2D eigenvalue weighted by Gasteiger charge is -2.14. The highest BCUT2D eigenvalue weighted by Gasteiger charge is 2.38. The molecule has 27 heavy (non-hydrogen) atoms. The molecule has 0 aromatic carbocycles. The molecule has 0 aliphatic rings. The van der Waals surface area contributed by atoms with E-state index in [1.54, 1.807) is 0 Å². The van der Waals surface area contributed by atoms with Gasteiger partial charge in [-0.3, -0.25) is 4.72 Å². The van der Waals surface area contributed by atoms with Gasteiger partial charge in [0.2, 0.25) is 5.88 Å². The average molecular weight is 425 g/mol. The maximum absolute atomic E-state index is 13.8. The SMILES string of the molecule is COc1nc(C(F)(F)F)c(F)cc1NS(=O)(=O)c1cnn2cc(Cl)ccc12. The maximum atomic E-state index is 13.8. The predicted octanol–water partition coefficient (Wildman–Crippen LogP) is 3.35. The van der Waals surface area contributed by atoms with E-state index in [0.717, 1.165) is 13.3 Å². The summed E-state index contributed by atoms with van der Waals surface area (Å²) in [6.45, 7) is 0. The molecule has 3 aromatic heterocycles. The Kier molecular flexibility index (Phi) is 4.64. The number of methoxy groups -OCH3 is 1. The Balaban J connectivity index is 2.06. The van der Waals surface area contributed by atoms with Crippen molar-refractivity contribution < 1.29 is 30.7 Å². The summed E-state index contributed by atoms with van der Waals surface area (Å²) in [5.74, 6) is -2.50. The highest BCUT2D eigenvalue weighted by atomic mass is 35.5. The van der Waals surface area contributed by atoms with Gasteiger partial charge in [0.25, 0.3) is 10.0 Å². The van der Waals surface area contributed by atoms with Crippen LogP contribution in [0.1, 0.15) is 5.69 Å². The van der Waals surface area contributed by atoms with Crippen LogP contribution in [0.4, 0.5) is 23.2 Å². The Morgan fingerprint density at radius 2 is 2.00 bits per heavy atom. The third kappa shape index (κ3) is 3.62. The van der Waals surface area contributed by atoms with Gasteiger partial charge in [-0.25, -0.2) is 22.3 Å². The first-order valence-corrected chi connectivity index (χ1v) is 8.86. The summed E-state index contributed by atoms with van der Waals surface area (Å²) in [5, 5.41) is 4.14. The van der Waals surface area contributed by atoms with E-state index in [1.165, 1.54) is 22.8 Å². The highest BCUT2D eigenvalue weighted by Crippen LogP contribution is 2.35. The molecule has 0 spiro atoms. The molecule has 3 rings (SSSR count). The van der Waals surface area contributed by atoms with Crippen LogP contribution in [0.5, 0.6) is 5.88 Å². The van der Waals surface area contributed by atoms with E-state index in [4.69, 9.17) is 11.6 Å². The number of hydrogen-bond acceptors (Lipinski definition) is 5. The van der Waals surface area contributed by atoms with E-state index < -0.39 is 39.3 Å². The van der Waals surface area contributed by atoms with Gasteiger partial charge in [-0.15, -0.1) is 0 Å². The lowest BCUT2D eigenvalue weighted by Crippen LogP contribution is -2.17. The zero-order valence-corrected chi connectivity index (χ0v) is 14.8. The van der Waals surface area contributed by atoms with Crippen molar-refractivity contribution in [2.45, 2.75) is 11.1 Å².